The molecular formula is C20H21FN6O3. The quantitative estimate of drug-likeness (QED) is 0.580. The number of aromatic nitrogens is 1. The zero-order valence-electron chi connectivity index (χ0n) is 16.0. The zero-order chi connectivity index (χ0) is 21.5. The van der Waals surface area contributed by atoms with E-state index in [1.54, 1.807) is 24.5 Å². The van der Waals surface area contributed by atoms with Crippen molar-refractivity contribution < 1.29 is 18.8 Å². The van der Waals surface area contributed by atoms with E-state index in [2.05, 4.69) is 20.7 Å². The lowest BCUT2D eigenvalue weighted by molar-refractivity contribution is -0.121. The molecule has 4 N–H and O–H groups in total. The van der Waals surface area contributed by atoms with Crippen molar-refractivity contribution >= 4 is 29.1 Å². The summed E-state index contributed by atoms with van der Waals surface area (Å²) in [6.07, 6.45) is 3.38. The molecule has 0 saturated carbocycles. The Bertz CT molecular complexity index is 949. The number of halogens is 1. The van der Waals surface area contributed by atoms with E-state index in [4.69, 9.17) is 5.73 Å². The molecule has 30 heavy (non-hydrogen) atoms. The van der Waals surface area contributed by atoms with Crippen molar-refractivity contribution in [3.05, 3.63) is 60.2 Å². The second-order valence-corrected chi connectivity index (χ2v) is 6.63. The molecule has 1 aliphatic heterocycles. The Morgan fingerprint density at radius 1 is 1.10 bits per heavy atom. The molecule has 1 unspecified atom stereocenters. The van der Waals surface area contributed by atoms with Crippen LogP contribution in [0.1, 0.15) is 18.4 Å². The minimum atomic E-state index is -0.847. The number of hydrazone groups is 1. The molecule has 1 aromatic heterocycles. The summed E-state index contributed by atoms with van der Waals surface area (Å²) in [5.74, 6) is -1.80. The first-order chi connectivity index (χ1) is 14.4. The van der Waals surface area contributed by atoms with Crippen LogP contribution in [0.25, 0.3) is 0 Å². The van der Waals surface area contributed by atoms with Gasteiger partial charge in [-0.05, 0) is 42.0 Å². The van der Waals surface area contributed by atoms with Gasteiger partial charge in [0.25, 0.3) is 5.91 Å². The number of nitrogens with two attached hydrogens (primary N) is 1. The maximum atomic E-state index is 13.1. The molecule has 0 fully saturated rings. The Balaban J connectivity index is 1.51. The molecular weight excluding hydrogens is 391 g/mol. The van der Waals surface area contributed by atoms with Gasteiger partial charge in [-0.15, -0.1) is 0 Å². The van der Waals surface area contributed by atoms with Crippen molar-refractivity contribution in [3.63, 3.8) is 0 Å². The van der Waals surface area contributed by atoms with Crippen molar-refractivity contribution in [1.29, 1.82) is 0 Å². The highest BCUT2D eigenvalue weighted by Gasteiger charge is 2.34. The number of benzene rings is 1. The monoisotopic (exact) mass is 412 g/mol. The molecule has 2 aromatic rings. The van der Waals surface area contributed by atoms with Gasteiger partial charge in [-0.3, -0.25) is 24.4 Å². The van der Waals surface area contributed by atoms with Gasteiger partial charge in [-0.25, -0.2) is 4.39 Å². The highest BCUT2D eigenvalue weighted by Crippen LogP contribution is 2.24. The number of hydrogen-bond donors (Lipinski definition) is 3. The Morgan fingerprint density at radius 3 is 2.47 bits per heavy atom. The van der Waals surface area contributed by atoms with E-state index in [0.717, 1.165) is 5.56 Å². The van der Waals surface area contributed by atoms with Crippen molar-refractivity contribution in [1.82, 2.24) is 15.6 Å². The highest BCUT2D eigenvalue weighted by molar-refractivity contribution is 6.40. The molecule has 0 radical (unpaired) electrons. The molecule has 3 amide bonds. The summed E-state index contributed by atoms with van der Waals surface area (Å²) in [6, 6.07) is 8.09. The summed E-state index contributed by atoms with van der Waals surface area (Å²) >= 11 is 0. The molecule has 2 heterocycles. The van der Waals surface area contributed by atoms with Crippen LogP contribution in [0.5, 0.6) is 0 Å². The molecule has 1 atom stereocenters. The van der Waals surface area contributed by atoms with Crippen molar-refractivity contribution in [2.75, 3.05) is 11.6 Å². The fourth-order valence-corrected chi connectivity index (χ4v) is 2.88. The van der Waals surface area contributed by atoms with Gasteiger partial charge in [0.05, 0.1) is 5.69 Å². The van der Waals surface area contributed by atoms with Crippen LogP contribution in [0.15, 0.2) is 53.9 Å². The van der Waals surface area contributed by atoms with E-state index < -0.39 is 23.7 Å². The van der Waals surface area contributed by atoms with Crippen LogP contribution in [0.3, 0.4) is 0 Å². The summed E-state index contributed by atoms with van der Waals surface area (Å²) in [5, 5.41) is 10.8. The first-order valence-corrected chi connectivity index (χ1v) is 9.29. The lowest BCUT2D eigenvalue weighted by Crippen LogP contribution is -2.40. The first kappa shape index (κ1) is 20.9. The van der Waals surface area contributed by atoms with Gasteiger partial charge in [0.15, 0.2) is 0 Å². The van der Waals surface area contributed by atoms with E-state index in [-0.39, 0.29) is 31.0 Å². The van der Waals surface area contributed by atoms with Crippen molar-refractivity contribution in [2.24, 2.45) is 10.8 Å². The van der Waals surface area contributed by atoms with E-state index in [1.165, 1.54) is 29.3 Å². The lowest BCUT2D eigenvalue weighted by atomic mass is 10.1. The number of amides is 3. The number of rotatable bonds is 8. The van der Waals surface area contributed by atoms with Gasteiger partial charge in [0, 0.05) is 38.3 Å². The van der Waals surface area contributed by atoms with E-state index >= 15 is 0 Å². The lowest BCUT2D eigenvalue weighted by Gasteiger charge is -2.20. The average molecular weight is 412 g/mol. The first-order valence-electron chi connectivity index (χ1n) is 9.29. The van der Waals surface area contributed by atoms with E-state index in [0.29, 0.717) is 12.2 Å². The van der Waals surface area contributed by atoms with Crippen LogP contribution >= 0.6 is 0 Å². The SMILES string of the molecule is NC(=O)C1CC(C(=O)NCCC(=O)NCc2ccncc2)=NN1c1ccc(F)cc1. The second kappa shape index (κ2) is 9.59. The van der Waals surface area contributed by atoms with Gasteiger partial charge < -0.3 is 16.4 Å². The summed E-state index contributed by atoms with van der Waals surface area (Å²) < 4.78 is 13.1. The van der Waals surface area contributed by atoms with Crippen LogP contribution in [-0.2, 0) is 20.9 Å². The fourth-order valence-electron chi connectivity index (χ4n) is 2.88. The summed E-state index contributed by atoms with van der Waals surface area (Å²) in [6.45, 7) is 0.479. The van der Waals surface area contributed by atoms with E-state index in [1.807, 2.05) is 0 Å². The fraction of sp³-hybridized carbons (Fsp3) is 0.250. The van der Waals surface area contributed by atoms with Gasteiger partial charge in [0.2, 0.25) is 11.8 Å². The predicted octanol–water partition coefficient (Wildman–Crippen LogP) is 0.463. The third-order valence-electron chi connectivity index (χ3n) is 4.47. The number of hydrogen-bond acceptors (Lipinski definition) is 6. The summed E-state index contributed by atoms with van der Waals surface area (Å²) in [5.41, 5.74) is 6.89. The molecule has 0 bridgehead atoms. The molecule has 0 saturated heterocycles. The van der Waals surface area contributed by atoms with E-state index in [9.17, 15) is 18.8 Å². The van der Waals surface area contributed by atoms with Gasteiger partial charge in [-0.2, -0.15) is 5.10 Å². The maximum absolute atomic E-state index is 13.1. The Hall–Kier alpha value is -3.82. The normalized spacial score (nSPS) is 15.4. The molecule has 3 rings (SSSR count). The second-order valence-electron chi connectivity index (χ2n) is 6.63. The summed E-state index contributed by atoms with van der Waals surface area (Å²) in [4.78, 5) is 40.0. The zero-order valence-corrected chi connectivity index (χ0v) is 16.0. The third-order valence-corrected chi connectivity index (χ3v) is 4.47. The van der Waals surface area contributed by atoms with Crippen LogP contribution in [0.4, 0.5) is 10.1 Å². The number of nitrogens with one attached hydrogen (secondary N) is 2. The number of primary amides is 1. The topological polar surface area (TPSA) is 130 Å². The number of nitrogens with zero attached hydrogens (tertiary/aromatic N) is 3. The van der Waals surface area contributed by atoms with Crippen LogP contribution < -0.4 is 21.4 Å². The molecule has 9 nitrogen and oxygen atoms in total. The van der Waals surface area contributed by atoms with Crippen LogP contribution in [0, 0.1) is 5.82 Å². The van der Waals surface area contributed by atoms with Crippen LogP contribution in [-0.4, -0.2) is 41.0 Å². The average Bonchev–Trinajstić information content (AvgIpc) is 3.19. The Labute approximate surface area is 172 Å². The molecule has 10 heteroatoms. The summed E-state index contributed by atoms with van der Waals surface area (Å²) in [7, 11) is 0. The molecule has 0 aliphatic carbocycles. The minimum Gasteiger partial charge on any atom is -0.368 e. The Morgan fingerprint density at radius 2 is 1.80 bits per heavy atom. The third kappa shape index (κ3) is 5.37. The minimum absolute atomic E-state index is 0.0206. The van der Waals surface area contributed by atoms with Gasteiger partial charge in [-0.1, -0.05) is 0 Å². The molecule has 156 valence electrons. The number of carbonyl (C=O) groups is 3. The standard InChI is InChI=1S/C20H21FN6O3/c21-14-1-3-15(4-2-14)27-17(19(22)29)11-16(26-27)20(30)24-10-7-18(28)25-12-13-5-8-23-9-6-13/h1-6,8-9,17H,7,10-12H2,(H2,22,29)(H,24,30)(H,25,28). The molecule has 0 spiro atoms. The van der Waals surface area contributed by atoms with Gasteiger partial charge >= 0.3 is 0 Å². The van der Waals surface area contributed by atoms with Gasteiger partial charge in [0.1, 0.15) is 17.6 Å². The largest absolute Gasteiger partial charge is 0.368 e. The highest BCUT2D eigenvalue weighted by atomic mass is 19.1. The van der Waals surface area contributed by atoms with Crippen molar-refractivity contribution in [2.45, 2.75) is 25.4 Å². The predicted molar refractivity (Wildman–Crippen MR) is 108 cm³/mol. The Kier molecular flexibility index (Phi) is 6.68. The van der Waals surface area contributed by atoms with Crippen LogP contribution in [0.2, 0.25) is 0 Å². The molecule has 1 aliphatic rings. The number of pyridine rings is 1. The molecule has 1 aromatic carbocycles. The number of anilines is 1. The maximum Gasteiger partial charge on any atom is 0.267 e. The number of carbonyl (C=O) groups excluding carboxylic acids is 3. The smallest absolute Gasteiger partial charge is 0.267 e. The van der Waals surface area contributed by atoms with Crippen molar-refractivity contribution in [3.8, 4) is 0 Å².